The van der Waals surface area contributed by atoms with Crippen LogP contribution in [0, 0.1) is 11.8 Å². The molecular formula is C44H53N3O6. The van der Waals surface area contributed by atoms with Crippen LogP contribution in [0.5, 0.6) is 11.5 Å². The van der Waals surface area contributed by atoms with Gasteiger partial charge in [0, 0.05) is 54.5 Å². The van der Waals surface area contributed by atoms with E-state index in [1.807, 2.05) is 67.0 Å². The summed E-state index contributed by atoms with van der Waals surface area (Å²) in [6.45, 7) is 9.70. The van der Waals surface area contributed by atoms with Gasteiger partial charge < -0.3 is 19.5 Å². The van der Waals surface area contributed by atoms with Gasteiger partial charge in [0.15, 0.2) is 11.6 Å². The number of likely N-dealkylation sites (tertiary alicyclic amines) is 1. The maximum atomic E-state index is 13.9. The fourth-order valence-electron chi connectivity index (χ4n) is 6.83. The highest BCUT2D eigenvalue weighted by Crippen LogP contribution is 2.33. The van der Waals surface area contributed by atoms with Crippen molar-refractivity contribution in [1.29, 1.82) is 0 Å². The number of ether oxygens (including phenoxy) is 2. The van der Waals surface area contributed by atoms with Gasteiger partial charge in [0.05, 0.1) is 19.6 Å². The molecule has 0 saturated carbocycles. The SMILES string of the molecule is CCCCCCCOc1ccc(-c2cnc(-c3ccc(C[C@H](CC(=O)c4ccc(C(C)(C)C)c(OC)c4)C(=O)N4CC[C@H](C(=O)O)C4)cc3)nc2)cc1. The number of methoxy groups -OCH3 is 1. The van der Waals surface area contributed by atoms with Crippen molar-refractivity contribution in [2.75, 3.05) is 26.8 Å². The molecule has 0 unspecified atom stereocenters. The largest absolute Gasteiger partial charge is 0.496 e. The molecule has 0 radical (unpaired) electrons. The lowest BCUT2D eigenvalue weighted by Crippen LogP contribution is -2.37. The summed E-state index contributed by atoms with van der Waals surface area (Å²) in [5.74, 6) is -0.466. The van der Waals surface area contributed by atoms with E-state index in [1.165, 1.54) is 25.7 Å². The van der Waals surface area contributed by atoms with Crippen molar-refractivity contribution in [3.63, 3.8) is 0 Å². The molecule has 53 heavy (non-hydrogen) atoms. The number of hydrogen-bond donors (Lipinski definition) is 1. The fraction of sp³-hybridized carbons (Fsp3) is 0.432. The number of amides is 1. The molecule has 0 aliphatic carbocycles. The van der Waals surface area contributed by atoms with Crippen LogP contribution in [0.2, 0.25) is 0 Å². The smallest absolute Gasteiger partial charge is 0.308 e. The predicted molar refractivity (Wildman–Crippen MR) is 207 cm³/mol. The van der Waals surface area contributed by atoms with Crippen LogP contribution in [-0.4, -0.2) is 64.4 Å². The first-order valence-electron chi connectivity index (χ1n) is 18.8. The van der Waals surface area contributed by atoms with E-state index in [0.717, 1.165) is 46.6 Å². The zero-order chi connectivity index (χ0) is 38.0. The van der Waals surface area contributed by atoms with E-state index in [9.17, 15) is 19.5 Å². The Morgan fingerprint density at radius 3 is 2.19 bits per heavy atom. The first-order chi connectivity index (χ1) is 25.5. The molecule has 9 heteroatoms. The summed E-state index contributed by atoms with van der Waals surface area (Å²) in [5.41, 5.74) is 4.92. The predicted octanol–water partition coefficient (Wildman–Crippen LogP) is 8.83. The topological polar surface area (TPSA) is 119 Å². The number of aromatic nitrogens is 2. The van der Waals surface area contributed by atoms with E-state index in [0.29, 0.717) is 36.5 Å². The second kappa shape index (κ2) is 18.1. The van der Waals surface area contributed by atoms with Crippen molar-refractivity contribution < 1.29 is 29.0 Å². The molecule has 1 N–H and O–H groups in total. The summed E-state index contributed by atoms with van der Waals surface area (Å²) in [4.78, 5) is 50.1. The Kier molecular flexibility index (Phi) is 13.4. The molecule has 2 heterocycles. The molecule has 4 aromatic rings. The number of benzene rings is 3. The molecule has 5 rings (SSSR count). The van der Waals surface area contributed by atoms with Gasteiger partial charge in [0.25, 0.3) is 0 Å². The van der Waals surface area contributed by atoms with Gasteiger partial charge in [-0.05, 0) is 59.6 Å². The van der Waals surface area contributed by atoms with Crippen molar-refractivity contribution >= 4 is 17.7 Å². The van der Waals surface area contributed by atoms with Gasteiger partial charge in [-0.15, -0.1) is 0 Å². The summed E-state index contributed by atoms with van der Waals surface area (Å²) < 4.78 is 11.5. The van der Waals surface area contributed by atoms with Crippen LogP contribution < -0.4 is 9.47 Å². The van der Waals surface area contributed by atoms with E-state index >= 15 is 0 Å². The number of hydrogen-bond acceptors (Lipinski definition) is 7. The minimum Gasteiger partial charge on any atom is -0.496 e. The number of Topliss-reactive ketones (excluding diaryl/α,β-unsaturated/α-hetero) is 1. The first kappa shape index (κ1) is 39.2. The third-order valence-corrected chi connectivity index (χ3v) is 10.0. The molecule has 9 nitrogen and oxygen atoms in total. The zero-order valence-corrected chi connectivity index (χ0v) is 31.8. The molecule has 1 saturated heterocycles. The molecule has 0 spiro atoms. The molecule has 1 aromatic heterocycles. The second-order valence-corrected chi connectivity index (χ2v) is 15.1. The fourth-order valence-corrected chi connectivity index (χ4v) is 6.83. The third kappa shape index (κ3) is 10.5. The van der Waals surface area contributed by atoms with E-state index in [1.54, 1.807) is 24.1 Å². The van der Waals surface area contributed by atoms with Gasteiger partial charge in [0.2, 0.25) is 5.91 Å². The van der Waals surface area contributed by atoms with E-state index in [-0.39, 0.29) is 30.1 Å². The van der Waals surface area contributed by atoms with Gasteiger partial charge >= 0.3 is 5.97 Å². The Morgan fingerprint density at radius 1 is 0.887 bits per heavy atom. The summed E-state index contributed by atoms with van der Waals surface area (Å²) in [7, 11) is 1.59. The van der Waals surface area contributed by atoms with Crippen molar-refractivity contribution in [1.82, 2.24) is 14.9 Å². The first-order valence-corrected chi connectivity index (χ1v) is 18.8. The number of ketones is 1. The number of carboxylic acid groups (broad SMARTS) is 1. The number of carboxylic acids is 1. The van der Waals surface area contributed by atoms with Crippen molar-refractivity contribution in [2.24, 2.45) is 11.8 Å². The van der Waals surface area contributed by atoms with Crippen LogP contribution in [-0.2, 0) is 21.4 Å². The number of carbonyl (C=O) groups is 3. The molecule has 2 atom stereocenters. The maximum absolute atomic E-state index is 13.9. The highest BCUT2D eigenvalue weighted by Gasteiger charge is 2.35. The van der Waals surface area contributed by atoms with Crippen LogP contribution in [0.1, 0.15) is 94.1 Å². The Bertz CT molecular complexity index is 1830. The van der Waals surface area contributed by atoms with Crippen LogP contribution in [0.25, 0.3) is 22.5 Å². The minimum atomic E-state index is -0.906. The lowest BCUT2D eigenvalue weighted by atomic mass is 9.84. The Labute approximate surface area is 313 Å². The molecular weight excluding hydrogens is 666 g/mol. The highest BCUT2D eigenvalue weighted by atomic mass is 16.5. The van der Waals surface area contributed by atoms with E-state index in [2.05, 4.69) is 37.7 Å². The van der Waals surface area contributed by atoms with Crippen LogP contribution in [0.4, 0.5) is 0 Å². The summed E-state index contributed by atoms with van der Waals surface area (Å²) >= 11 is 0. The van der Waals surface area contributed by atoms with E-state index in [4.69, 9.17) is 9.47 Å². The molecule has 280 valence electrons. The summed E-state index contributed by atoms with van der Waals surface area (Å²) in [6.07, 6.45) is 10.4. The standard InChI is InChI=1S/C44H53N3O6/c1-6-7-8-9-10-23-53-37-18-15-31(16-19-37)36-27-45-41(46-28-36)32-13-11-30(12-14-32)24-35(42(49)47-22-21-34(29-47)43(50)51)25-39(48)33-17-20-38(44(2,3)4)40(26-33)52-5/h11-20,26-28,34-35H,6-10,21-25,29H2,1-5H3,(H,50,51)/t34-,35+/m0/s1. The van der Waals surface area contributed by atoms with Gasteiger partial charge in [-0.2, -0.15) is 0 Å². The lowest BCUT2D eigenvalue weighted by molar-refractivity contribution is -0.141. The highest BCUT2D eigenvalue weighted by molar-refractivity contribution is 5.99. The number of rotatable bonds is 17. The molecule has 1 fully saturated rings. The monoisotopic (exact) mass is 719 g/mol. The van der Waals surface area contributed by atoms with Crippen LogP contribution >= 0.6 is 0 Å². The van der Waals surface area contributed by atoms with Crippen molar-refractivity contribution in [3.05, 3.63) is 95.8 Å². The zero-order valence-electron chi connectivity index (χ0n) is 31.8. The average molecular weight is 720 g/mol. The van der Waals surface area contributed by atoms with Gasteiger partial charge in [0.1, 0.15) is 11.5 Å². The number of aliphatic carboxylic acids is 1. The Balaban J connectivity index is 1.26. The number of carbonyl (C=O) groups excluding carboxylic acids is 2. The van der Waals surface area contributed by atoms with Gasteiger partial charge in [-0.1, -0.05) is 102 Å². The van der Waals surface area contributed by atoms with Gasteiger partial charge in [-0.25, -0.2) is 9.97 Å². The van der Waals surface area contributed by atoms with E-state index < -0.39 is 17.8 Å². The van der Waals surface area contributed by atoms with Crippen LogP contribution in [0.15, 0.2) is 79.1 Å². The quantitative estimate of drug-likeness (QED) is 0.0850. The Hall–Kier alpha value is -5.05. The molecule has 1 aliphatic rings. The average Bonchev–Trinajstić information content (AvgIpc) is 3.67. The lowest BCUT2D eigenvalue weighted by Gasteiger charge is -2.24. The van der Waals surface area contributed by atoms with Crippen LogP contribution in [0.3, 0.4) is 0 Å². The molecule has 1 amide bonds. The minimum absolute atomic E-state index is 0.0104. The summed E-state index contributed by atoms with van der Waals surface area (Å²) in [5, 5.41) is 9.55. The summed E-state index contributed by atoms with van der Waals surface area (Å²) in [6, 6.07) is 21.2. The third-order valence-electron chi connectivity index (χ3n) is 10.0. The van der Waals surface area contributed by atoms with Gasteiger partial charge in [-0.3, -0.25) is 14.4 Å². The normalized spacial score (nSPS) is 14.9. The van der Waals surface area contributed by atoms with Crippen molar-refractivity contribution in [3.8, 4) is 34.0 Å². The second-order valence-electron chi connectivity index (χ2n) is 15.1. The number of nitrogens with zero attached hydrogens (tertiary/aromatic N) is 3. The Morgan fingerprint density at radius 2 is 1.57 bits per heavy atom. The molecule has 1 aliphatic heterocycles. The molecule has 0 bridgehead atoms. The maximum Gasteiger partial charge on any atom is 0.308 e. The van der Waals surface area contributed by atoms with Crippen molar-refractivity contribution in [2.45, 2.75) is 84.5 Å². The number of unbranched alkanes of at least 4 members (excludes halogenated alkanes) is 4. The molecule has 3 aromatic carbocycles.